The average Bonchev–Trinajstić information content (AvgIpc) is 3.36. The van der Waals surface area contributed by atoms with Crippen molar-refractivity contribution in [2.45, 2.75) is 17.2 Å². The van der Waals surface area contributed by atoms with E-state index >= 15 is 0 Å². The van der Waals surface area contributed by atoms with Crippen LogP contribution in [-0.4, -0.2) is 45.7 Å². The molecule has 1 aromatic carbocycles. The summed E-state index contributed by atoms with van der Waals surface area (Å²) in [6, 6.07) is 8.51. The van der Waals surface area contributed by atoms with E-state index in [1.807, 2.05) is 6.07 Å². The summed E-state index contributed by atoms with van der Waals surface area (Å²) < 4.78 is 33.5. The van der Waals surface area contributed by atoms with Gasteiger partial charge in [-0.2, -0.15) is 14.4 Å². The van der Waals surface area contributed by atoms with Gasteiger partial charge in [0.05, 0.1) is 10.6 Å². The van der Waals surface area contributed by atoms with Crippen LogP contribution in [0.4, 0.5) is 0 Å². The number of aromatic nitrogens is 4. The lowest BCUT2D eigenvalue weighted by Gasteiger charge is -2.16. The molecule has 0 aliphatic carbocycles. The molecule has 124 valence electrons. The van der Waals surface area contributed by atoms with E-state index in [4.69, 9.17) is 4.52 Å². The molecule has 0 spiro atoms. The van der Waals surface area contributed by atoms with Crippen LogP contribution in [0.1, 0.15) is 18.2 Å². The SMILES string of the molecule is O=S(=O)(c1ccc(-n2cccn2)cc1)N1CCC(c2ncon2)C1. The Morgan fingerprint density at radius 2 is 2.04 bits per heavy atom. The first-order valence-corrected chi connectivity index (χ1v) is 8.95. The Morgan fingerprint density at radius 1 is 1.21 bits per heavy atom. The first-order chi connectivity index (χ1) is 11.6. The predicted molar refractivity (Wildman–Crippen MR) is 84.0 cm³/mol. The van der Waals surface area contributed by atoms with Crippen LogP contribution in [0, 0.1) is 0 Å². The molecule has 1 aliphatic rings. The molecular weight excluding hydrogens is 330 g/mol. The van der Waals surface area contributed by atoms with Crippen molar-refractivity contribution >= 4 is 10.0 Å². The highest BCUT2D eigenvalue weighted by Crippen LogP contribution is 2.29. The molecule has 0 amide bonds. The Balaban J connectivity index is 1.55. The molecule has 1 unspecified atom stereocenters. The van der Waals surface area contributed by atoms with E-state index in [0.29, 0.717) is 25.3 Å². The molecule has 1 aliphatic heterocycles. The lowest BCUT2D eigenvalue weighted by atomic mass is 10.1. The van der Waals surface area contributed by atoms with Crippen LogP contribution in [0.25, 0.3) is 5.69 Å². The van der Waals surface area contributed by atoms with Gasteiger partial charge in [-0.1, -0.05) is 5.16 Å². The van der Waals surface area contributed by atoms with Gasteiger partial charge in [0.25, 0.3) is 0 Å². The Bertz CT molecular complexity index is 905. The number of rotatable bonds is 4. The van der Waals surface area contributed by atoms with Crippen molar-refractivity contribution in [2.75, 3.05) is 13.1 Å². The van der Waals surface area contributed by atoms with Crippen molar-refractivity contribution in [3.05, 3.63) is 54.9 Å². The maximum atomic E-state index is 12.8. The van der Waals surface area contributed by atoms with E-state index in [1.165, 1.54) is 10.7 Å². The molecule has 1 saturated heterocycles. The Hall–Kier alpha value is -2.52. The lowest BCUT2D eigenvalue weighted by Crippen LogP contribution is -2.28. The van der Waals surface area contributed by atoms with E-state index in [1.54, 1.807) is 41.3 Å². The van der Waals surface area contributed by atoms with Crippen molar-refractivity contribution < 1.29 is 12.9 Å². The van der Waals surface area contributed by atoms with Crippen molar-refractivity contribution in [3.63, 3.8) is 0 Å². The molecule has 1 atom stereocenters. The second-order valence-corrected chi connectivity index (χ2v) is 7.52. The molecule has 8 nitrogen and oxygen atoms in total. The van der Waals surface area contributed by atoms with Gasteiger partial charge in [-0.05, 0) is 36.8 Å². The highest BCUT2D eigenvalue weighted by molar-refractivity contribution is 7.89. The maximum absolute atomic E-state index is 12.8. The normalized spacial score (nSPS) is 18.9. The van der Waals surface area contributed by atoms with Crippen LogP contribution in [0.5, 0.6) is 0 Å². The molecule has 24 heavy (non-hydrogen) atoms. The predicted octanol–water partition coefficient (Wildman–Crippen LogP) is 1.43. The van der Waals surface area contributed by atoms with Crippen LogP contribution in [-0.2, 0) is 10.0 Å². The average molecular weight is 345 g/mol. The number of sulfonamides is 1. The number of benzene rings is 1. The molecule has 0 saturated carbocycles. The fourth-order valence-electron chi connectivity index (χ4n) is 2.86. The molecule has 0 bridgehead atoms. The number of nitrogens with zero attached hydrogens (tertiary/aromatic N) is 5. The summed E-state index contributed by atoms with van der Waals surface area (Å²) in [5.74, 6) is 0.531. The van der Waals surface area contributed by atoms with Crippen LogP contribution in [0.15, 0.2) is 58.5 Å². The number of hydrogen-bond donors (Lipinski definition) is 0. The summed E-state index contributed by atoms with van der Waals surface area (Å²) in [5.41, 5.74) is 0.810. The highest BCUT2D eigenvalue weighted by Gasteiger charge is 2.34. The highest BCUT2D eigenvalue weighted by atomic mass is 32.2. The van der Waals surface area contributed by atoms with Gasteiger partial charge in [0.1, 0.15) is 0 Å². The minimum Gasteiger partial charge on any atom is -0.343 e. The van der Waals surface area contributed by atoms with Gasteiger partial charge in [-0.3, -0.25) is 0 Å². The minimum atomic E-state index is -3.53. The maximum Gasteiger partial charge on any atom is 0.243 e. The van der Waals surface area contributed by atoms with Crippen LogP contribution < -0.4 is 0 Å². The molecule has 0 radical (unpaired) electrons. The van der Waals surface area contributed by atoms with Gasteiger partial charge in [0.2, 0.25) is 16.4 Å². The topological polar surface area (TPSA) is 94.1 Å². The summed E-state index contributed by atoms with van der Waals surface area (Å²) in [6.45, 7) is 0.811. The van der Waals surface area contributed by atoms with Crippen molar-refractivity contribution in [1.82, 2.24) is 24.2 Å². The largest absolute Gasteiger partial charge is 0.343 e. The summed E-state index contributed by atoms with van der Waals surface area (Å²) in [5, 5.41) is 7.94. The molecule has 1 fully saturated rings. The van der Waals surface area contributed by atoms with Crippen LogP contribution in [0.3, 0.4) is 0 Å². The minimum absolute atomic E-state index is 0.0260. The molecule has 3 heterocycles. The van der Waals surface area contributed by atoms with E-state index < -0.39 is 10.0 Å². The first-order valence-electron chi connectivity index (χ1n) is 7.51. The van der Waals surface area contributed by atoms with Crippen molar-refractivity contribution in [3.8, 4) is 5.69 Å². The van der Waals surface area contributed by atoms with Crippen LogP contribution in [0.2, 0.25) is 0 Å². The van der Waals surface area contributed by atoms with E-state index in [2.05, 4.69) is 15.2 Å². The number of hydrogen-bond acceptors (Lipinski definition) is 6. The summed E-state index contributed by atoms with van der Waals surface area (Å²) in [6.07, 6.45) is 5.43. The van der Waals surface area contributed by atoms with Gasteiger partial charge >= 0.3 is 0 Å². The smallest absolute Gasteiger partial charge is 0.243 e. The fourth-order valence-corrected chi connectivity index (χ4v) is 4.36. The standard InChI is InChI=1S/C15H15N5O3S/c21-24(22,19-9-6-12(10-19)15-16-11-23-18-15)14-4-2-13(3-5-14)20-8-1-7-17-20/h1-5,7-8,11-12H,6,9-10H2. The Labute approximate surface area is 138 Å². The quantitative estimate of drug-likeness (QED) is 0.710. The van der Waals surface area contributed by atoms with Crippen LogP contribution >= 0.6 is 0 Å². The third kappa shape index (κ3) is 2.61. The Morgan fingerprint density at radius 3 is 2.71 bits per heavy atom. The molecule has 2 aromatic heterocycles. The molecule has 4 rings (SSSR count). The summed E-state index contributed by atoms with van der Waals surface area (Å²) in [4.78, 5) is 4.29. The van der Waals surface area contributed by atoms with E-state index in [-0.39, 0.29) is 10.8 Å². The summed E-state index contributed by atoms with van der Waals surface area (Å²) in [7, 11) is -3.53. The second-order valence-electron chi connectivity index (χ2n) is 5.58. The van der Waals surface area contributed by atoms with Gasteiger partial charge in [-0.15, -0.1) is 0 Å². The molecular formula is C15H15N5O3S. The van der Waals surface area contributed by atoms with Crippen molar-refractivity contribution in [1.29, 1.82) is 0 Å². The second kappa shape index (κ2) is 5.84. The third-order valence-corrected chi connectivity index (χ3v) is 6.02. The molecule has 0 N–H and O–H groups in total. The monoisotopic (exact) mass is 345 g/mol. The zero-order chi connectivity index (χ0) is 16.6. The van der Waals surface area contributed by atoms with E-state index in [9.17, 15) is 8.42 Å². The van der Waals surface area contributed by atoms with Gasteiger partial charge in [-0.25, -0.2) is 13.1 Å². The Kier molecular flexibility index (Phi) is 3.66. The third-order valence-electron chi connectivity index (χ3n) is 4.14. The zero-order valence-corrected chi connectivity index (χ0v) is 13.5. The van der Waals surface area contributed by atoms with Gasteiger partial charge < -0.3 is 4.52 Å². The summed E-state index contributed by atoms with van der Waals surface area (Å²) >= 11 is 0. The molecule has 3 aromatic rings. The zero-order valence-electron chi connectivity index (χ0n) is 12.7. The molecule has 9 heteroatoms. The van der Waals surface area contributed by atoms with Gasteiger partial charge in [0, 0.05) is 31.4 Å². The fraction of sp³-hybridized carbons (Fsp3) is 0.267. The first kappa shape index (κ1) is 15.0. The van der Waals surface area contributed by atoms with E-state index in [0.717, 1.165) is 5.69 Å². The van der Waals surface area contributed by atoms with Crippen molar-refractivity contribution in [2.24, 2.45) is 0 Å². The van der Waals surface area contributed by atoms with Gasteiger partial charge in [0.15, 0.2) is 5.82 Å². The lowest BCUT2D eigenvalue weighted by molar-refractivity contribution is 0.403.